The summed E-state index contributed by atoms with van der Waals surface area (Å²) in [6.45, 7) is 1.51. The molecule has 1 aromatic rings. The lowest BCUT2D eigenvalue weighted by atomic mass is 10.1. The molecule has 0 bridgehead atoms. The Labute approximate surface area is 103 Å². The smallest absolute Gasteiger partial charge is 0.404 e. The van der Waals surface area contributed by atoms with Crippen LogP contribution in [0.5, 0.6) is 0 Å². The van der Waals surface area contributed by atoms with Gasteiger partial charge in [0, 0.05) is 15.6 Å². The number of ether oxygens (including phenoxy) is 1. The molecular weight excluding hydrogens is 253 g/mol. The number of aliphatic hydroxyl groups excluding tert-OH is 1. The maximum Gasteiger partial charge on any atom is 0.404 e. The van der Waals surface area contributed by atoms with E-state index in [0.29, 0.717) is 15.6 Å². The van der Waals surface area contributed by atoms with E-state index in [1.54, 1.807) is 12.1 Å². The van der Waals surface area contributed by atoms with Crippen LogP contribution in [-0.2, 0) is 4.74 Å². The van der Waals surface area contributed by atoms with Crippen molar-refractivity contribution in [3.05, 3.63) is 33.8 Å². The molecule has 3 N–H and O–H groups in total. The van der Waals surface area contributed by atoms with Crippen molar-refractivity contribution in [2.45, 2.75) is 19.1 Å². The van der Waals surface area contributed by atoms with Crippen LogP contribution in [0.3, 0.4) is 0 Å². The van der Waals surface area contributed by atoms with Crippen molar-refractivity contribution in [3.63, 3.8) is 0 Å². The van der Waals surface area contributed by atoms with Crippen molar-refractivity contribution in [1.82, 2.24) is 0 Å². The van der Waals surface area contributed by atoms with Crippen molar-refractivity contribution in [1.29, 1.82) is 0 Å². The fraction of sp³-hybridized carbons (Fsp3) is 0.300. The number of nitrogens with two attached hydrogens (primary N) is 1. The largest absolute Gasteiger partial charge is 0.444 e. The Bertz CT molecular complexity index is 398. The van der Waals surface area contributed by atoms with Crippen molar-refractivity contribution in [3.8, 4) is 0 Å². The van der Waals surface area contributed by atoms with Crippen LogP contribution < -0.4 is 5.73 Å². The van der Waals surface area contributed by atoms with Gasteiger partial charge < -0.3 is 15.6 Å². The normalized spacial score (nSPS) is 14.2. The molecule has 0 heterocycles. The fourth-order valence-electron chi connectivity index (χ4n) is 1.24. The Morgan fingerprint density at radius 1 is 1.50 bits per heavy atom. The molecule has 0 aliphatic heterocycles. The summed E-state index contributed by atoms with van der Waals surface area (Å²) >= 11 is 11.6. The average Bonchev–Trinajstić information content (AvgIpc) is 2.15. The predicted molar refractivity (Wildman–Crippen MR) is 61.6 cm³/mol. The zero-order chi connectivity index (χ0) is 12.3. The highest BCUT2D eigenvalue weighted by Gasteiger charge is 2.21. The predicted octanol–water partition coefficient (Wildman–Crippen LogP) is 2.51. The van der Waals surface area contributed by atoms with E-state index in [9.17, 15) is 9.90 Å². The molecule has 0 fully saturated rings. The minimum absolute atomic E-state index is 0.305. The third-order valence-electron chi connectivity index (χ3n) is 2.03. The summed E-state index contributed by atoms with van der Waals surface area (Å²) in [4.78, 5) is 10.5. The van der Waals surface area contributed by atoms with Crippen molar-refractivity contribution < 1.29 is 14.6 Å². The highest BCUT2D eigenvalue weighted by atomic mass is 35.5. The lowest BCUT2D eigenvalue weighted by Crippen LogP contribution is -2.26. The van der Waals surface area contributed by atoms with E-state index in [-0.39, 0.29) is 0 Å². The maximum atomic E-state index is 10.5. The molecule has 0 spiro atoms. The molecule has 0 saturated heterocycles. The van der Waals surface area contributed by atoms with Gasteiger partial charge in [0.2, 0.25) is 0 Å². The number of amides is 1. The van der Waals surface area contributed by atoms with E-state index in [1.165, 1.54) is 13.0 Å². The van der Waals surface area contributed by atoms with Gasteiger partial charge in [0.05, 0.1) is 0 Å². The minimum atomic E-state index is -1.04. The molecule has 6 heteroatoms. The SMILES string of the molecule is C[C@H](OC(N)=O)[C@@H](O)c1ccc(Cl)cc1Cl. The minimum Gasteiger partial charge on any atom is -0.444 e. The molecule has 0 aliphatic carbocycles. The van der Waals surface area contributed by atoms with Crippen molar-refractivity contribution >= 4 is 29.3 Å². The van der Waals surface area contributed by atoms with Gasteiger partial charge in [0.25, 0.3) is 0 Å². The Morgan fingerprint density at radius 3 is 2.62 bits per heavy atom. The molecule has 0 radical (unpaired) electrons. The van der Waals surface area contributed by atoms with E-state index >= 15 is 0 Å². The Balaban J connectivity index is 2.87. The number of hydrogen-bond acceptors (Lipinski definition) is 3. The molecule has 1 rings (SSSR count). The second-order valence-electron chi connectivity index (χ2n) is 3.25. The summed E-state index contributed by atoms with van der Waals surface area (Å²) in [6, 6.07) is 4.65. The standard InChI is InChI=1S/C10H11Cl2NO3/c1-5(16-10(13)15)9(14)7-3-2-6(11)4-8(7)12/h2-5,9,14H,1H3,(H2,13,15)/t5-,9+/m0/s1. The van der Waals surface area contributed by atoms with Crippen LogP contribution in [0, 0.1) is 0 Å². The fourth-order valence-corrected chi connectivity index (χ4v) is 1.76. The summed E-state index contributed by atoms with van der Waals surface area (Å²) < 4.78 is 4.65. The van der Waals surface area contributed by atoms with Crippen LogP contribution in [-0.4, -0.2) is 17.3 Å². The van der Waals surface area contributed by atoms with Crippen LogP contribution in [0.25, 0.3) is 0 Å². The van der Waals surface area contributed by atoms with E-state index in [4.69, 9.17) is 28.9 Å². The number of primary amides is 1. The molecule has 0 aromatic heterocycles. The second kappa shape index (κ2) is 5.39. The molecule has 4 nitrogen and oxygen atoms in total. The number of benzene rings is 1. The summed E-state index contributed by atoms with van der Waals surface area (Å²) in [5.74, 6) is 0. The molecule has 88 valence electrons. The quantitative estimate of drug-likeness (QED) is 0.880. The van der Waals surface area contributed by atoms with E-state index in [1.807, 2.05) is 0 Å². The van der Waals surface area contributed by atoms with Gasteiger partial charge in [0.15, 0.2) is 0 Å². The number of rotatable bonds is 3. The summed E-state index contributed by atoms with van der Waals surface area (Å²) in [7, 11) is 0. The van der Waals surface area contributed by atoms with Gasteiger partial charge in [-0.05, 0) is 19.1 Å². The zero-order valence-corrected chi connectivity index (χ0v) is 10.00. The van der Waals surface area contributed by atoms with Crippen molar-refractivity contribution in [2.75, 3.05) is 0 Å². The van der Waals surface area contributed by atoms with Gasteiger partial charge in [-0.3, -0.25) is 0 Å². The summed E-state index contributed by atoms with van der Waals surface area (Å²) in [5.41, 5.74) is 5.28. The van der Waals surface area contributed by atoms with Gasteiger partial charge >= 0.3 is 6.09 Å². The van der Waals surface area contributed by atoms with Crippen LogP contribution in [0.2, 0.25) is 10.0 Å². The first-order chi connectivity index (χ1) is 7.41. The zero-order valence-electron chi connectivity index (χ0n) is 8.48. The lowest BCUT2D eigenvalue weighted by molar-refractivity contribution is 0.0158. The van der Waals surface area contributed by atoms with E-state index in [2.05, 4.69) is 4.74 Å². The number of aliphatic hydroxyl groups is 1. The Hall–Kier alpha value is -0.970. The monoisotopic (exact) mass is 263 g/mol. The molecular formula is C10H11Cl2NO3. The highest BCUT2D eigenvalue weighted by Crippen LogP contribution is 2.28. The summed E-state index contributed by atoms with van der Waals surface area (Å²) in [6.07, 6.45) is -2.77. The second-order valence-corrected chi connectivity index (χ2v) is 4.10. The van der Waals surface area contributed by atoms with Gasteiger partial charge in [-0.15, -0.1) is 0 Å². The average molecular weight is 264 g/mol. The molecule has 0 aliphatic rings. The molecule has 1 aromatic carbocycles. The van der Waals surface area contributed by atoms with Gasteiger partial charge in [-0.1, -0.05) is 29.3 Å². The van der Waals surface area contributed by atoms with Crippen LogP contribution >= 0.6 is 23.2 Å². The highest BCUT2D eigenvalue weighted by molar-refractivity contribution is 6.35. The summed E-state index contributed by atoms with van der Waals surface area (Å²) in [5, 5.41) is 10.6. The third kappa shape index (κ3) is 3.27. The number of carbonyl (C=O) groups excluding carboxylic acids is 1. The van der Waals surface area contributed by atoms with Crippen molar-refractivity contribution in [2.24, 2.45) is 5.73 Å². The topological polar surface area (TPSA) is 72.5 Å². The first-order valence-corrected chi connectivity index (χ1v) is 5.26. The molecule has 2 atom stereocenters. The number of halogens is 2. The van der Waals surface area contributed by atoms with Crippen LogP contribution in [0.15, 0.2) is 18.2 Å². The number of hydrogen-bond donors (Lipinski definition) is 2. The van der Waals surface area contributed by atoms with Gasteiger partial charge in [-0.25, -0.2) is 4.79 Å². The Kier molecular flexibility index (Phi) is 4.41. The van der Waals surface area contributed by atoms with E-state index < -0.39 is 18.3 Å². The first kappa shape index (κ1) is 13.1. The molecule has 0 saturated carbocycles. The molecule has 1 amide bonds. The van der Waals surface area contributed by atoms with Crippen LogP contribution in [0.4, 0.5) is 4.79 Å². The third-order valence-corrected chi connectivity index (χ3v) is 2.59. The molecule has 16 heavy (non-hydrogen) atoms. The van der Waals surface area contributed by atoms with Gasteiger partial charge in [-0.2, -0.15) is 0 Å². The number of carbonyl (C=O) groups is 1. The lowest BCUT2D eigenvalue weighted by Gasteiger charge is -2.19. The van der Waals surface area contributed by atoms with Crippen LogP contribution in [0.1, 0.15) is 18.6 Å². The maximum absolute atomic E-state index is 10.5. The molecule has 0 unspecified atom stereocenters. The van der Waals surface area contributed by atoms with Gasteiger partial charge in [0.1, 0.15) is 12.2 Å². The first-order valence-electron chi connectivity index (χ1n) is 4.51. The Morgan fingerprint density at radius 2 is 2.12 bits per heavy atom. The van der Waals surface area contributed by atoms with E-state index in [0.717, 1.165) is 0 Å².